The van der Waals surface area contributed by atoms with Crippen LogP contribution in [0.15, 0.2) is 4.67 Å². The quantitative estimate of drug-likeness (QED) is 0.103. The number of rotatable bonds is 17. The summed E-state index contributed by atoms with van der Waals surface area (Å²) in [7, 11) is 2.17. The van der Waals surface area contributed by atoms with E-state index < -0.39 is 5.25 Å². The molecule has 1 fully saturated rings. The second-order valence-corrected chi connectivity index (χ2v) is 7.82. The Labute approximate surface area is 188 Å². The Bertz CT molecular complexity index is 629. The molecule has 1 saturated heterocycles. The number of hydrogen-bond acceptors (Lipinski definition) is 9. The molecule has 2 unspecified atom stereocenters. The first-order valence-corrected chi connectivity index (χ1v) is 11.5. The van der Waals surface area contributed by atoms with Gasteiger partial charge in [-0.2, -0.15) is 0 Å². The van der Waals surface area contributed by atoms with Crippen molar-refractivity contribution in [3.8, 4) is 0 Å². The molecule has 0 radical (unpaired) electrons. The Morgan fingerprint density at radius 1 is 1.13 bits per heavy atom. The predicted molar refractivity (Wildman–Crippen MR) is 119 cm³/mol. The molecule has 0 aromatic heterocycles. The molecule has 0 bridgehead atoms. The molecular weight excluding hydrogens is 446 g/mol. The SMILES string of the molecule is O=C(CCO)NCCOCCOCCNC(=O)CCCN1C(=O)CC(SB=NP)C1=O. The van der Waals surface area contributed by atoms with Crippen LogP contribution in [0.3, 0.4) is 0 Å². The minimum atomic E-state index is -0.434. The van der Waals surface area contributed by atoms with Crippen LogP contribution in [-0.2, 0) is 28.7 Å². The fraction of sp³-hybridized carbons (Fsp3) is 0.765. The van der Waals surface area contributed by atoms with E-state index in [4.69, 9.17) is 14.6 Å². The van der Waals surface area contributed by atoms with Crippen molar-refractivity contribution in [3.05, 3.63) is 0 Å². The molecule has 31 heavy (non-hydrogen) atoms. The number of carbonyl (C=O) groups is 4. The van der Waals surface area contributed by atoms with Crippen molar-refractivity contribution >= 4 is 51.0 Å². The van der Waals surface area contributed by atoms with Gasteiger partial charge in [-0.3, -0.25) is 4.79 Å². The number of imide groups is 1. The fourth-order valence-corrected chi connectivity index (χ4v) is 3.54. The molecule has 0 spiro atoms. The summed E-state index contributed by atoms with van der Waals surface area (Å²) in [5, 5.41) is 13.5. The van der Waals surface area contributed by atoms with Gasteiger partial charge in [-0.1, -0.05) is 0 Å². The van der Waals surface area contributed by atoms with Gasteiger partial charge >= 0.3 is 123 Å². The van der Waals surface area contributed by atoms with Gasteiger partial charge in [0.25, 0.3) is 0 Å². The van der Waals surface area contributed by atoms with E-state index in [1.54, 1.807) is 0 Å². The summed E-state index contributed by atoms with van der Waals surface area (Å²) >= 11 is 1.21. The second-order valence-electron chi connectivity index (χ2n) is 6.47. The van der Waals surface area contributed by atoms with Crippen LogP contribution in [0.1, 0.15) is 25.7 Å². The molecule has 4 amide bonds. The second kappa shape index (κ2) is 17.2. The van der Waals surface area contributed by atoms with Crippen LogP contribution >= 0.6 is 21.0 Å². The Hall–Kier alpha value is -1.40. The van der Waals surface area contributed by atoms with Crippen LogP contribution in [0.5, 0.6) is 0 Å². The van der Waals surface area contributed by atoms with Crippen LogP contribution in [-0.4, -0.2) is 97.9 Å². The number of likely N-dealkylation sites (tertiary alicyclic amines) is 1. The number of nitrogens with zero attached hydrogens (tertiary/aromatic N) is 2. The molecule has 1 rings (SSSR count). The first-order chi connectivity index (χ1) is 15.0. The van der Waals surface area contributed by atoms with Crippen LogP contribution in [0.4, 0.5) is 0 Å². The van der Waals surface area contributed by atoms with E-state index >= 15 is 0 Å². The summed E-state index contributed by atoms with van der Waals surface area (Å²) < 4.78 is 14.3. The predicted octanol–water partition coefficient (Wildman–Crippen LogP) is -1.13. The van der Waals surface area contributed by atoms with Crippen molar-refractivity contribution in [2.45, 2.75) is 30.9 Å². The number of hydrogen-bond donors (Lipinski definition) is 3. The first kappa shape index (κ1) is 27.6. The van der Waals surface area contributed by atoms with Gasteiger partial charge in [0.2, 0.25) is 5.91 Å². The van der Waals surface area contributed by atoms with Gasteiger partial charge in [-0.05, 0) is 0 Å². The van der Waals surface area contributed by atoms with E-state index in [1.807, 2.05) is 0 Å². The minimum absolute atomic E-state index is 0.0805. The number of aliphatic hydroxyl groups is 1. The van der Waals surface area contributed by atoms with Crippen molar-refractivity contribution in [3.63, 3.8) is 0 Å². The maximum absolute atomic E-state index is 12.2. The number of amides is 4. The molecule has 0 aromatic carbocycles. The van der Waals surface area contributed by atoms with Gasteiger partial charge in [0.1, 0.15) is 0 Å². The van der Waals surface area contributed by atoms with Crippen molar-refractivity contribution in [1.82, 2.24) is 15.5 Å². The Kier molecular flexibility index (Phi) is 15.3. The van der Waals surface area contributed by atoms with Crippen molar-refractivity contribution in [1.29, 1.82) is 0 Å². The topological polar surface area (TPSA) is 147 Å². The van der Waals surface area contributed by atoms with Crippen LogP contribution in [0.2, 0.25) is 0 Å². The normalized spacial score (nSPS) is 16.1. The van der Waals surface area contributed by atoms with E-state index in [0.29, 0.717) is 45.9 Å². The summed E-state index contributed by atoms with van der Waals surface area (Å²) in [6.45, 7) is 2.19. The van der Waals surface area contributed by atoms with E-state index in [0.717, 1.165) is 0 Å². The Morgan fingerprint density at radius 3 is 2.32 bits per heavy atom. The number of ether oxygens (including phenoxy) is 2. The third-order valence-corrected chi connectivity index (χ3v) is 5.43. The molecular formula is C17H30BN4O7PS. The first-order valence-electron chi connectivity index (χ1n) is 10.0. The molecule has 0 aliphatic carbocycles. The summed E-state index contributed by atoms with van der Waals surface area (Å²) in [4.78, 5) is 48.2. The third kappa shape index (κ3) is 12.3. The van der Waals surface area contributed by atoms with Gasteiger partial charge in [-0.15, -0.1) is 0 Å². The average Bonchev–Trinajstić information content (AvgIpc) is 3.01. The molecule has 11 nitrogen and oxygen atoms in total. The Morgan fingerprint density at radius 2 is 1.74 bits per heavy atom. The number of nitrogens with one attached hydrogen (secondary N) is 2. The standard InChI is InChI=1S/C17H30BN4O7PS/c23-7-3-15(25)20-5-9-29-11-10-28-8-4-19-14(24)2-1-6-22-16(26)12-13(17(22)27)31-18-21-30/h13,23H,1-12,30H2,(H,19,24)(H,20,25). The molecule has 0 saturated carbocycles. The molecule has 1 aliphatic heterocycles. The van der Waals surface area contributed by atoms with E-state index in [9.17, 15) is 19.2 Å². The molecule has 1 heterocycles. The average molecular weight is 476 g/mol. The van der Waals surface area contributed by atoms with Gasteiger partial charge in [0.05, 0.1) is 26.4 Å². The molecule has 1 aliphatic rings. The van der Waals surface area contributed by atoms with Gasteiger partial charge in [0, 0.05) is 13.0 Å². The van der Waals surface area contributed by atoms with Gasteiger partial charge in [-0.25, -0.2) is 0 Å². The van der Waals surface area contributed by atoms with Crippen LogP contribution in [0.25, 0.3) is 0 Å². The van der Waals surface area contributed by atoms with Crippen molar-refractivity contribution < 1.29 is 33.8 Å². The molecule has 0 aromatic rings. The molecule has 14 heteroatoms. The van der Waals surface area contributed by atoms with Crippen LogP contribution in [0, 0.1) is 0 Å². The van der Waals surface area contributed by atoms with Crippen molar-refractivity contribution in [2.75, 3.05) is 52.7 Å². The van der Waals surface area contributed by atoms with E-state index in [-0.39, 0.29) is 56.0 Å². The zero-order valence-electron chi connectivity index (χ0n) is 17.4. The van der Waals surface area contributed by atoms with Gasteiger partial charge < -0.3 is 15.2 Å². The fourth-order valence-electron chi connectivity index (χ4n) is 2.63. The number of aliphatic hydroxyl groups excluding tert-OH is 1. The van der Waals surface area contributed by atoms with Crippen LogP contribution < -0.4 is 10.6 Å². The van der Waals surface area contributed by atoms with Crippen molar-refractivity contribution in [2.24, 2.45) is 4.67 Å². The third-order valence-electron chi connectivity index (χ3n) is 4.12. The monoisotopic (exact) mass is 476 g/mol. The molecule has 3 N–H and O–H groups in total. The zero-order chi connectivity index (χ0) is 22.9. The van der Waals surface area contributed by atoms with E-state index in [1.165, 1.54) is 22.9 Å². The van der Waals surface area contributed by atoms with E-state index in [2.05, 4.69) is 24.7 Å². The summed E-state index contributed by atoms with van der Waals surface area (Å²) in [6.07, 6.45) is 2.38. The van der Waals surface area contributed by atoms with Gasteiger partial charge in [0.15, 0.2) is 0 Å². The maximum atomic E-state index is 12.2. The zero-order valence-corrected chi connectivity index (χ0v) is 19.4. The summed E-state index contributed by atoms with van der Waals surface area (Å²) in [5.41, 5.74) is 0. The summed E-state index contributed by atoms with van der Waals surface area (Å²) in [5.74, 6) is -0.841. The molecule has 174 valence electrons. The molecule has 2 atom stereocenters. The summed E-state index contributed by atoms with van der Waals surface area (Å²) in [6, 6.07) is 0. The Balaban J connectivity index is 1.98. The number of carbonyl (C=O) groups excluding carboxylic acids is 4.